The van der Waals surface area contributed by atoms with Gasteiger partial charge >= 0.3 is 0 Å². The first-order valence-electron chi connectivity index (χ1n) is 7.35. The average Bonchev–Trinajstić information content (AvgIpc) is 3.26. The number of anilines is 1. The summed E-state index contributed by atoms with van der Waals surface area (Å²) in [5.74, 6) is -0.132. The van der Waals surface area contributed by atoms with Gasteiger partial charge in [-0.3, -0.25) is 4.79 Å². The van der Waals surface area contributed by atoms with Crippen LogP contribution in [0.15, 0.2) is 64.2 Å². The standard InChI is InChI=1S/C18H13N3O3/c1-11(22)19-14-2-3-15-16(8-14)21-18(13-5-7-24-10-13)17(20-15)12-4-6-23-9-12/h2-10H,1H3,(H,19,22). The van der Waals surface area contributed by atoms with Crippen molar-refractivity contribution in [1.29, 1.82) is 0 Å². The molecule has 0 bridgehead atoms. The summed E-state index contributed by atoms with van der Waals surface area (Å²) in [6.45, 7) is 1.47. The van der Waals surface area contributed by atoms with E-state index >= 15 is 0 Å². The topological polar surface area (TPSA) is 81.2 Å². The largest absolute Gasteiger partial charge is 0.472 e. The molecule has 24 heavy (non-hydrogen) atoms. The second-order valence-corrected chi connectivity index (χ2v) is 5.33. The van der Waals surface area contributed by atoms with Gasteiger partial charge in [-0.25, -0.2) is 9.97 Å². The zero-order chi connectivity index (χ0) is 16.5. The highest BCUT2D eigenvalue weighted by molar-refractivity contribution is 5.92. The van der Waals surface area contributed by atoms with E-state index in [4.69, 9.17) is 18.8 Å². The molecule has 0 aliphatic rings. The summed E-state index contributed by atoms with van der Waals surface area (Å²) in [5, 5.41) is 2.75. The van der Waals surface area contributed by atoms with Crippen molar-refractivity contribution in [2.45, 2.75) is 6.92 Å². The molecule has 1 N–H and O–H groups in total. The zero-order valence-corrected chi connectivity index (χ0v) is 12.8. The number of furan rings is 2. The third-order valence-electron chi connectivity index (χ3n) is 3.57. The number of carbonyl (C=O) groups excluding carboxylic acids is 1. The third kappa shape index (κ3) is 2.54. The summed E-state index contributed by atoms with van der Waals surface area (Å²) in [6, 6.07) is 9.10. The fraction of sp³-hybridized carbons (Fsp3) is 0.0556. The van der Waals surface area contributed by atoms with Gasteiger partial charge in [-0.15, -0.1) is 0 Å². The van der Waals surface area contributed by atoms with E-state index in [9.17, 15) is 4.79 Å². The van der Waals surface area contributed by atoms with Crippen LogP contribution in [0.3, 0.4) is 0 Å². The number of nitrogens with zero attached hydrogens (tertiary/aromatic N) is 2. The molecular weight excluding hydrogens is 306 g/mol. The Balaban J connectivity index is 1.94. The third-order valence-corrected chi connectivity index (χ3v) is 3.57. The fourth-order valence-electron chi connectivity index (χ4n) is 2.54. The van der Waals surface area contributed by atoms with E-state index in [-0.39, 0.29) is 5.91 Å². The molecule has 0 aliphatic carbocycles. The molecule has 1 amide bonds. The minimum atomic E-state index is -0.132. The van der Waals surface area contributed by atoms with Crippen LogP contribution in [0.25, 0.3) is 33.5 Å². The lowest BCUT2D eigenvalue weighted by molar-refractivity contribution is -0.114. The van der Waals surface area contributed by atoms with Gasteiger partial charge in [-0.05, 0) is 30.3 Å². The Morgan fingerprint density at radius 2 is 1.54 bits per heavy atom. The maximum atomic E-state index is 11.2. The number of fused-ring (bicyclic) bond motifs is 1. The molecule has 3 heterocycles. The van der Waals surface area contributed by atoms with Gasteiger partial charge in [0.25, 0.3) is 0 Å². The van der Waals surface area contributed by atoms with Crippen LogP contribution in [0.4, 0.5) is 5.69 Å². The number of carbonyl (C=O) groups is 1. The molecule has 0 radical (unpaired) electrons. The lowest BCUT2D eigenvalue weighted by Gasteiger charge is -2.09. The van der Waals surface area contributed by atoms with E-state index in [1.165, 1.54) is 6.92 Å². The summed E-state index contributed by atoms with van der Waals surface area (Å²) >= 11 is 0. The van der Waals surface area contributed by atoms with Crippen LogP contribution < -0.4 is 5.32 Å². The highest BCUT2D eigenvalue weighted by atomic mass is 16.3. The first kappa shape index (κ1) is 14.2. The van der Waals surface area contributed by atoms with E-state index in [2.05, 4.69) is 5.32 Å². The van der Waals surface area contributed by atoms with Crippen LogP contribution in [-0.4, -0.2) is 15.9 Å². The van der Waals surface area contributed by atoms with Gasteiger partial charge in [0.15, 0.2) is 0 Å². The average molecular weight is 319 g/mol. The van der Waals surface area contributed by atoms with Gasteiger partial charge in [-0.1, -0.05) is 0 Å². The lowest BCUT2D eigenvalue weighted by atomic mass is 10.1. The molecule has 0 saturated heterocycles. The zero-order valence-electron chi connectivity index (χ0n) is 12.8. The maximum Gasteiger partial charge on any atom is 0.221 e. The summed E-state index contributed by atoms with van der Waals surface area (Å²) < 4.78 is 10.4. The van der Waals surface area contributed by atoms with Gasteiger partial charge in [-0.2, -0.15) is 0 Å². The van der Waals surface area contributed by atoms with Crippen molar-refractivity contribution in [2.75, 3.05) is 5.32 Å². The molecule has 0 atom stereocenters. The Morgan fingerprint density at radius 3 is 2.08 bits per heavy atom. The van der Waals surface area contributed by atoms with Gasteiger partial charge in [0.2, 0.25) is 5.91 Å². The van der Waals surface area contributed by atoms with Gasteiger partial charge < -0.3 is 14.2 Å². The normalized spacial score (nSPS) is 10.9. The summed E-state index contributed by atoms with van der Waals surface area (Å²) in [7, 11) is 0. The molecule has 0 aliphatic heterocycles. The van der Waals surface area contributed by atoms with Crippen LogP contribution >= 0.6 is 0 Å². The minimum absolute atomic E-state index is 0.132. The van der Waals surface area contributed by atoms with Gasteiger partial charge in [0.1, 0.15) is 11.4 Å². The molecule has 0 unspecified atom stereocenters. The van der Waals surface area contributed by atoms with Crippen LogP contribution in [0.5, 0.6) is 0 Å². The van der Waals surface area contributed by atoms with Crippen molar-refractivity contribution in [2.24, 2.45) is 0 Å². The van der Waals surface area contributed by atoms with Crippen molar-refractivity contribution >= 4 is 22.6 Å². The Labute approximate surface area is 137 Å². The molecule has 3 aromatic heterocycles. The van der Waals surface area contributed by atoms with Gasteiger partial charge in [0, 0.05) is 23.7 Å². The molecule has 0 fully saturated rings. The Morgan fingerprint density at radius 1 is 0.917 bits per heavy atom. The van der Waals surface area contributed by atoms with E-state index in [0.29, 0.717) is 22.6 Å². The molecule has 4 rings (SSSR count). The fourth-order valence-corrected chi connectivity index (χ4v) is 2.54. The SMILES string of the molecule is CC(=O)Nc1ccc2nc(-c3ccoc3)c(-c3ccoc3)nc2c1. The minimum Gasteiger partial charge on any atom is -0.472 e. The molecular formula is C18H13N3O3. The van der Waals surface area contributed by atoms with Crippen molar-refractivity contribution in [3.8, 4) is 22.5 Å². The number of aromatic nitrogens is 2. The smallest absolute Gasteiger partial charge is 0.221 e. The van der Waals surface area contributed by atoms with E-state index in [1.54, 1.807) is 37.2 Å². The highest BCUT2D eigenvalue weighted by Gasteiger charge is 2.15. The first-order valence-corrected chi connectivity index (χ1v) is 7.35. The number of hydrogen-bond donors (Lipinski definition) is 1. The van der Waals surface area contributed by atoms with Crippen molar-refractivity contribution < 1.29 is 13.6 Å². The van der Waals surface area contributed by atoms with Crippen molar-refractivity contribution in [3.63, 3.8) is 0 Å². The maximum absolute atomic E-state index is 11.2. The first-order chi connectivity index (χ1) is 11.7. The second kappa shape index (κ2) is 5.66. The predicted molar refractivity (Wildman–Crippen MR) is 89.2 cm³/mol. The summed E-state index contributed by atoms with van der Waals surface area (Å²) in [4.78, 5) is 20.7. The number of amides is 1. The number of nitrogens with one attached hydrogen (secondary N) is 1. The molecule has 0 saturated carbocycles. The van der Waals surface area contributed by atoms with Crippen molar-refractivity contribution in [3.05, 3.63) is 55.4 Å². The van der Waals surface area contributed by atoms with Crippen LogP contribution in [-0.2, 0) is 4.79 Å². The van der Waals surface area contributed by atoms with Crippen molar-refractivity contribution in [1.82, 2.24) is 9.97 Å². The Hall–Kier alpha value is -3.41. The number of rotatable bonds is 3. The quantitative estimate of drug-likeness (QED) is 0.614. The number of benzene rings is 1. The molecule has 6 heteroatoms. The summed E-state index contributed by atoms with van der Waals surface area (Å²) in [6.07, 6.45) is 6.44. The molecule has 4 aromatic rings. The lowest BCUT2D eigenvalue weighted by Crippen LogP contribution is -2.05. The van der Waals surface area contributed by atoms with E-state index < -0.39 is 0 Å². The summed E-state index contributed by atoms with van der Waals surface area (Å²) in [5.41, 5.74) is 5.16. The highest BCUT2D eigenvalue weighted by Crippen LogP contribution is 2.32. The Bertz CT molecular complexity index is 1010. The Kier molecular flexibility index (Phi) is 3.35. The van der Waals surface area contributed by atoms with Gasteiger partial charge in [0.05, 0.1) is 36.1 Å². The van der Waals surface area contributed by atoms with E-state index in [0.717, 1.165) is 16.6 Å². The molecule has 118 valence electrons. The molecule has 1 aromatic carbocycles. The monoisotopic (exact) mass is 319 g/mol. The van der Waals surface area contributed by atoms with Crippen LogP contribution in [0.2, 0.25) is 0 Å². The molecule has 0 spiro atoms. The second-order valence-electron chi connectivity index (χ2n) is 5.33. The van der Waals surface area contributed by atoms with Crippen LogP contribution in [0.1, 0.15) is 6.92 Å². The predicted octanol–water partition coefficient (Wildman–Crippen LogP) is 4.11. The number of hydrogen-bond acceptors (Lipinski definition) is 5. The van der Waals surface area contributed by atoms with E-state index in [1.807, 2.05) is 18.2 Å². The molecule has 6 nitrogen and oxygen atoms in total. The van der Waals surface area contributed by atoms with Crippen LogP contribution in [0, 0.1) is 0 Å².